The molecular weight excluding hydrogens is 300 g/mol. The van der Waals surface area contributed by atoms with Crippen LogP contribution in [0.4, 0.5) is 5.69 Å². The Morgan fingerprint density at radius 1 is 1.16 bits per heavy atom. The maximum atomic E-state index is 3.54. The molecule has 0 radical (unpaired) electrons. The van der Waals surface area contributed by atoms with Crippen LogP contribution in [-0.4, -0.2) is 25.7 Å². The Balaban J connectivity index is 1.93. The van der Waals surface area contributed by atoms with E-state index in [2.05, 4.69) is 69.5 Å². The molecule has 1 atom stereocenters. The third-order valence-corrected chi connectivity index (χ3v) is 4.24. The highest BCUT2D eigenvalue weighted by Crippen LogP contribution is 2.25. The number of anilines is 1. The highest BCUT2D eigenvalue weighted by atomic mass is 79.9. The third-order valence-electron chi connectivity index (χ3n) is 3.74. The van der Waals surface area contributed by atoms with Crippen molar-refractivity contribution >= 4 is 32.4 Å². The quantitative estimate of drug-likeness (QED) is 0.860. The molecule has 2 aromatic carbocycles. The minimum absolute atomic E-state index is 0.558. The zero-order valence-electron chi connectivity index (χ0n) is 11.2. The molecule has 0 aliphatic carbocycles. The SMILES string of the molecule is CC1CN(c2ccc3cc(Br)ccc3c2)CCCN1. The molecule has 1 unspecified atom stereocenters. The average molecular weight is 319 g/mol. The number of hydrogen-bond donors (Lipinski definition) is 1. The average Bonchev–Trinajstić information content (AvgIpc) is 2.63. The van der Waals surface area contributed by atoms with Gasteiger partial charge in [0.2, 0.25) is 0 Å². The largest absolute Gasteiger partial charge is 0.370 e. The summed E-state index contributed by atoms with van der Waals surface area (Å²) in [7, 11) is 0. The standard InChI is InChI=1S/C16H19BrN2/c1-12-11-19(8-2-7-18-12)16-6-4-13-9-15(17)5-3-14(13)10-16/h3-6,9-10,12,18H,2,7-8,11H2,1H3. The van der Waals surface area contributed by atoms with E-state index in [0.717, 1.165) is 24.1 Å². The molecule has 1 heterocycles. The van der Waals surface area contributed by atoms with Gasteiger partial charge in [-0.25, -0.2) is 0 Å². The van der Waals surface area contributed by atoms with Gasteiger partial charge in [0.1, 0.15) is 0 Å². The normalized spacial score (nSPS) is 20.5. The van der Waals surface area contributed by atoms with Gasteiger partial charge in [0.05, 0.1) is 0 Å². The predicted molar refractivity (Wildman–Crippen MR) is 85.9 cm³/mol. The first kappa shape index (κ1) is 12.9. The lowest BCUT2D eigenvalue weighted by atomic mass is 10.1. The first-order valence-corrected chi connectivity index (χ1v) is 7.69. The molecule has 2 aromatic rings. The molecule has 1 aliphatic heterocycles. The molecule has 0 saturated carbocycles. The van der Waals surface area contributed by atoms with Crippen LogP contribution in [-0.2, 0) is 0 Å². The number of fused-ring (bicyclic) bond motifs is 1. The van der Waals surface area contributed by atoms with Crippen LogP contribution in [0.5, 0.6) is 0 Å². The van der Waals surface area contributed by atoms with Crippen LogP contribution in [0, 0.1) is 0 Å². The molecule has 3 rings (SSSR count). The Kier molecular flexibility index (Phi) is 3.76. The van der Waals surface area contributed by atoms with Crippen LogP contribution in [0.15, 0.2) is 40.9 Å². The van der Waals surface area contributed by atoms with E-state index in [1.165, 1.54) is 22.9 Å². The van der Waals surface area contributed by atoms with Crippen molar-refractivity contribution in [1.29, 1.82) is 0 Å². The van der Waals surface area contributed by atoms with Crippen LogP contribution >= 0.6 is 15.9 Å². The maximum Gasteiger partial charge on any atom is 0.0373 e. The van der Waals surface area contributed by atoms with Crippen molar-refractivity contribution in [2.45, 2.75) is 19.4 Å². The molecule has 0 bridgehead atoms. The van der Waals surface area contributed by atoms with Gasteiger partial charge in [-0.15, -0.1) is 0 Å². The lowest BCUT2D eigenvalue weighted by Gasteiger charge is -2.25. The highest BCUT2D eigenvalue weighted by Gasteiger charge is 2.14. The van der Waals surface area contributed by atoms with Gasteiger partial charge in [0, 0.05) is 29.3 Å². The summed E-state index contributed by atoms with van der Waals surface area (Å²) in [5, 5.41) is 6.14. The van der Waals surface area contributed by atoms with Gasteiger partial charge in [-0.2, -0.15) is 0 Å². The molecule has 0 amide bonds. The van der Waals surface area contributed by atoms with Crippen LogP contribution in [0.2, 0.25) is 0 Å². The van der Waals surface area contributed by atoms with Crippen LogP contribution < -0.4 is 10.2 Å². The second-order valence-corrected chi connectivity index (χ2v) is 6.25. The van der Waals surface area contributed by atoms with Crippen molar-refractivity contribution in [3.05, 3.63) is 40.9 Å². The molecule has 1 fully saturated rings. The fraction of sp³-hybridized carbons (Fsp3) is 0.375. The maximum absolute atomic E-state index is 3.54. The first-order valence-electron chi connectivity index (χ1n) is 6.90. The van der Waals surface area contributed by atoms with Gasteiger partial charge >= 0.3 is 0 Å². The summed E-state index contributed by atoms with van der Waals surface area (Å²) >= 11 is 3.53. The molecule has 2 nitrogen and oxygen atoms in total. The second kappa shape index (κ2) is 5.51. The lowest BCUT2D eigenvalue weighted by molar-refractivity contribution is 0.585. The van der Waals surface area contributed by atoms with Gasteiger partial charge in [-0.05, 0) is 54.9 Å². The molecule has 0 spiro atoms. The smallest absolute Gasteiger partial charge is 0.0373 e. The summed E-state index contributed by atoms with van der Waals surface area (Å²) in [6.45, 7) is 5.61. The zero-order chi connectivity index (χ0) is 13.2. The number of halogens is 1. The third kappa shape index (κ3) is 2.93. The van der Waals surface area contributed by atoms with Crippen LogP contribution in [0.3, 0.4) is 0 Å². The summed E-state index contributed by atoms with van der Waals surface area (Å²) in [6.07, 6.45) is 1.21. The molecular formula is C16H19BrN2. The fourth-order valence-electron chi connectivity index (χ4n) is 2.74. The van der Waals surface area contributed by atoms with Crippen molar-refractivity contribution in [3.63, 3.8) is 0 Å². The number of rotatable bonds is 1. The van der Waals surface area contributed by atoms with Crippen LogP contribution in [0.25, 0.3) is 10.8 Å². The summed E-state index contributed by atoms with van der Waals surface area (Å²) < 4.78 is 1.14. The summed E-state index contributed by atoms with van der Waals surface area (Å²) in [5.41, 5.74) is 1.34. The Labute approximate surface area is 122 Å². The minimum Gasteiger partial charge on any atom is -0.370 e. The Morgan fingerprint density at radius 3 is 2.84 bits per heavy atom. The summed E-state index contributed by atoms with van der Waals surface area (Å²) in [6, 6.07) is 13.8. The van der Waals surface area contributed by atoms with Gasteiger partial charge in [-0.1, -0.05) is 28.1 Å². The first-order chi connectivity index (χ1) is 9.22. The number of nitrogens with zero attached hydrogens (tertiary/aromatic N) is 1. The van der Waals surface area contributed by atoms with Crippen molar-refractivity contribution in [1.82, 2.24) is 5.32 Å². The molecule has 1 N–H and O–H groups in total. The molecule has 1 aliphatic rings. The van der Waals surface area contributed by atoms with Gasteiger partial charge < -0.3 is 10.2 Å². The Bertz CT molecular complexity index is 582. The van der Waals surface area contributed by atoms with E-state index in [1.807, 2.05) is 0 Å². The van der Waals surface area contributed by atoms with E-state index in [9.17, 15) is 0 Å². The zero-order valence-corrected chi connectivity index (χ0v) is 12.8. The summed E-state index contributed by atoms with van der Waals surface area (Å²) in [5.74, 6) is 0. The van der Waals surface area contributed by atoms with Crippen molar-refractivity contribution in [2.24, 2.45) is 0 Å². The second-order valence-electron chi connectivity index (χ2n) is 5.33. The predicted octanol–water partition coefficient (Wildman–Crippen LogP) is 3.79. The highest BCUT2D eigenvalue weighted by molar-refractivity contribution is 9.10. The van der Waals surface area contributed by atoms with Gasteiger partial charge in [0.15, 0.2) is 0 Å². The molecule has 1 saturated heterocycles. The molecule has 100 valence electrons. The van der Waals surface area contributed by atoms with E-state index >= 15 is 0 Å². The molecule has 0 aromatic heterocycles. The van der Waals surface area contributed by atoms with Crippen LogP contribution in [0.1, 0.15) is 13.3 Å². The van der Waals surface area contributed by atoms with E-state index in [-0.39, 0.29) is 0 Å². The number of hydrogen-bond acceptors (Lipinski definition) is 2. The van der Waals surface area contributed by atoms with E-state index < -0.39 is 0 Å². The Hall–Kier alpha value is -1.06. The van der Waals surface area contributed by atoms with Crippen molar-refractivity contribution in [2.75, 3.05) is 24.5 Å². The minimum atomic E-state index is 0.558. The van der Waals surface area contributed by atoms with E-state index in [4.69, 9.17) is 0 Å². The monoisotopic (exact) mass is 318 g/mol. The molecule has 3 heteroatoms. The summed E-state index contributed by atoms with van der Waals surface area (Å²) in [4.78, 5) is 2.49. The topological polar surface area (TPSA) is 15.3 Å². The van der Waals surface area contributed by atoms with Gasteiger partial charge in [-0.3, -0.25) is 0 Å². The van der Waals surface area contributed by atoms with Crippen molar-refractivity contribution < 1.29 is 0 Å². The van der Waals surface area contributed by atoms with Gasteiger partial charge in [0.25, 0.3) is 0 Å². The van der Waals surface area contributed by atoms with E-state index in [0.29, 0.717) is 6.04 Å². The van der Waals surface area contributed by atoms with Crippen molar-refractivity contribution in [3.8, 4) is 0 Å². The number of benzene rings is 2. The lowest BCUT2D eigenvalue weighted by Crippen LogP contribution is -2.35. The van der Waals surface area contributed by atoms with E-state index in [1.54, 1.807) is 0 Å². The Morgan fingerprint density at radius 2 is 1.95 bits per heavy atom. The molecule has 19 heavy (non-hydrogen) atoms. The number of nitrogens with one attached hydrogen (secondary N) is 1. The fourth-order valence-corrected chi connectivity index (χ4v) is 3.12.